The molecule has 0 bridgehead atoms. The number of aryl methyl sites for hydroxylation is 1. The van der Waals surface area contributed by atoms with Gasteiger partial charge in [-0.3, -0.25) is 0 Å². The Labute approximate surface area is 105 Å². The first-order valence-corrected chi connectivity index (χ1v) is 6.50. The molecule has 0 saturated carbocycles. The zero-order valence-electron chi connectivity index (χ0n) is 11.5. The van der Waals surface area contributed by atoms with Gasteiger partial charge in [-0.1, -0.05) is 26.2 Å². The molecule has 2 heteroatoms. The Balaban J connectivity index is 2.60. The minimum Gasteiger partial charge on any atom is -0.507 e. The molecular formula is C15H24O2. The highest BCUT2D eigenvalue weighted by Gasteiger charge is 2.09. The van der Waals surface area contributed by atoms with E-state index in [1.54, 1.807) is 0 Å². The summed E-state index contributed by atoms with van der Waals surface area (Å²) in [7, 11) is 0. The molecule has 0 aliphatic carbocycles. The van der Waals surface area contributed by atoms with Gasteiger partial charge in [-0.05, 0) is 49.9 Å². The summed E-state index contributed by atoms with van der Waals surface area (Å²) in [5.74, 6) is 1.30. The van der Waals surface area contributed by atoms with Crippen molar-refractivity contribution in [3.63, 3.8) is 0 Å². The number of aromatic hydroxyl groups is 1. The van der Waals surface area contributed by atoms with Crippen LogP contribution in [0, 0.1) is 20.8 Å². The number of hydrogen-bond donors (Lipinski definition) is 1. The van der Waals surface area contributed by atoms with Crippen molar-refractivity contribution in [2.24, 2.45) is 0 Å². The molecule has 0 unspecified atom stereocenters. The summed E-state index contributed by atoms with van der Waals surface area (Å²) in [5, 5.41) is 9.80. The average Bonchev–Trinajstić information content (AvgIpc) is 2.32. The van der Waals surface area contributed by atoms with Crippen molar-refractivity contribution in [3.8, 4) is 11.5 Å². The van der Waals surface area contributed by atoms with E-state index in [4.69, 9.17) is 4.74 Å². The minimum absolute atomic E-state index is 0.390. The van der Waals surface area contributed by atoms with Gasteiger partial charge in [0.15, 0.2) is 0 Å². The zero-order chi connectivity index (χ0) is 12.8. The van der Waals surface area contributed by atoms with E-state index in [1.165, 1.54) is 19.3 Å². The maximum atomic E-state index is 9.80. The smallest absolute Gasteiger partial charge is 0.122 e. The second-order valence-corrected chi connectivity index (χ2v) is 4.70. The molecule has 0 radical (unpaired) electrons. The van der Waals surface area contributed by atoms with E-state index in [-0.39, 0.29) is 0 Å². The molecule has 1 N–H and O–H groups in total. The van der Waals surface area contributed by atoms with Gasteiger partial charge in [-0.2, -0.15) is 0 Å². The molecule has 1 rings (SSSR count). The lowest BCUT2D eigenvalue weighted by Crippen LogP contribution is -2.00. The van der Waals surface area contributed by atoms with Crippen LogP contribution in [0.2, 0.25) is 0 Å². The van der Waals surface area contributed by atoms with E-state index in [2.05, 4.69) is 6.92 Å². The van der Waals surface area contributed by atoms with Crippen LogP contribution in [-0.4, -0.2) is 11.7 Å². The predicted octanol–water partition coefficient (Wildman–Crippen LogP) is 4.28. The lowest BCUT2D eigenvalue weighted by Gasteiger charge is -2.14. The van der Waals surface area contributed by atoms with E-state index in [9.17, 15) is 5.11 Å². The quantitative estimate of drug-likeness (QED) is 0.747. The van der Waals surface area contributed by atoms with Gasteiger partial charge in [0.2, 0.25) is 0 Å². The van der Waals surface area contributed by atoms with Crippen LogP contribution in [0.25, 0.3) is 0 Å². The summed E-state index contributed by atoms with van der Waals surface area (Å²) >= 11 is 0. The molecule has 0 aliphatic rings. The van der Waals surface area contributed by atoms with Crippen LogP contribution in [0.15, 0.2) is 6.07 Å². The van der Waals surface area contributed by atoms with Crippen molar-refractivity contribution in [3.05, 3.63) is 22.8 Å². The third-order valence-electron chi connectivity index (χ3n) is 3.26. The maximum Gasteiger partial charge on any atom is 0.122 e. The molecule has 2 nitrogen and oxygen atoms in total. The summed E-state index contributed by atoms with van der Waals surface area (Å²) in [5.41, 5.74) is 2.86. The number of unbranched alkanes of at least 4 members (excludes halogenated alkanes) is 3. The molecule has 17 heavy (non-hydrogen) atoms. The number of benzene rings is 1. The van der Waals surface area contributed by atoms with Gasteiger partial charge in [-0.25, -0.2) is 0 Å². The van der Waals surface area contributed by atoms with E-state index in [0.717, 1.165) is 35.5 Å². The molecule has 0 saturated heterocycles. The summed E-state index contributed by atoms with van der Waals surface area (Å²) in [6, 6.07) is 1.93. The predicted molar refractivity (Wildman–Crippen MR) is 72.0 cm³/mol. The van der Waals surface area contributed by atoms with Gasteiger partial charge in [0, 0.05) is 0 Å². The highest BCUT2D eigenvalue weighted by atomic mass is 16.5. The molecule has 0 atom stereocenters. The van der Waals surface area contributed by atoms with Crippen molar-refractivity contribution in [1.29, 1.82) is 0 Å². The molecule has 0 fully saturated rings. The third kappa shape index (κ3) is 3.65. The van der Waals surface area contributed by atoms with Crippen molar-refractivity contribution in [2.75, 3.05) is 6.61 Å². The average molecular weight is 236 g/mol. The highest BCUT2D eigenvalue weighted by Crippen LogP contribution is 2.32. The van der Waals surface area contributed by atoms with Crippen molar-refractivity contribution in [2.45, 2.75) is 53.4 Å². The molecule has 1 aromatic carbocycles. The zero-order valence-corrected chi connectivity index (χ0v) is 11.5. The Morgan fingerprint density at radius 1 is 1.06 bits per heavy atom. The lowest BCUT2D eigenvalue weighted by molar-refractivity contribution is 0.302. The van der Waals surface area contributed by atoms with Gasteiger partial charge in [0.05, 0.1) is 6.61 Å². The van der Waals surface area contributed by atoms with Crippen LogP contribution in [0.5, 0.6) is 11.5 Å². The van der Waals surface area contributed by atoms with Gasteiger partial charge in [0.25, 0.3) is 0 Å². The number of hydrogen-bond acceptors (Lipinski definition) is 2. The standard InChI is InChI=1S/C15H24O2/c1-5-6-7-8-9-17-14-10-11(2)15(16)13(4)12(14)3/h10,16H,5-9H2,1-4H3. The Hall–Kier alpha value is -1.18. The normalized spacial score (nSPS) is 10.6. The summed E-state index contributed by atoms with van der Waals surface area (Å²) in [6.07, 6.45) is 4.85. The monoisotopic (exact) mass is 236 g/mol. The summed E-state index contributed by atoms with van der Waals surface area (Å²) in [6.45, 7) is 8.81. The number of phenols is 1. The maximum absolute atomic E-state index is 9.80. The second-order valence-electron chi connectivity index (χ2n) is 4.70. The molecular weight excluding hydrogens is 212 g/mol. The number of phenolic OH excluding ortho intramolecular Hbond substituents is 1. The first-order valence-electron chi connectivity index (χ1n) is 6.50. The minimum atomic E-state index is 0.390. The largest absolute Gasteiger partial charge is 0.507 e. The van der Waals surface area contributed by atoms with Crippen LogP contribution in [0.4, 0.5) is 0 Å². The van der Waals surface area contributed by atoms with Crippen LogP contribution in [0.3, 0.4) is 0 Å². The van der Waals surface area contributed by atoms with Crippen molar-refractivity contribution in [1.82, 2.24) is 0 Å². The lowest BCUT2D eigenvalue weighted by atomic mass is 10.0. The van der Waals surface area contributed by atoms with Crippen LogP contribution >= 0.6 is 0 Å². The van der Waals surface area contributed by atoms with Crippen molar-refractivity contribution < 1.29 is 9.84 Å². The Morgan fingerprint density at radius 2 is 1.76 bits per heavy atom. The Morgan fingerprint density at radius 3 is 2.41 bits per heavy atom. The van der Waals surface area contributed by atoms with Crippen LogP contribution < -0.4 is 4.74 Å². The fourth-order valence-corrected chi connectivity index (χ4v) is 1.89. The first-order chi connectivity index (χ1) is 8.07. The Kier molecular flexibility index (Phi) is 5.33. The molecule has 0 amide bonds. The summed E-state index contributed by atoms with van der Waals surface area (Å²) < 4.78 is 5.79. The van der Waals surface area contributed by atoms with Crippen LogP contribution in [0.1, 0.15) is 49.3 Å². The van der Waals surface area contributed by atoms with Gasteiger partial charge in [-0.15, -0.1) is 0 Å². The molecule has 0 aromatic heterocycles. The molecule has 0 heterocycles. The SMILES string of the molecule is CCCCCCOc1cc(C)c(O)c(C)c1C. The number of rotatable bonds is 6. The molecule has 0 spiro atoms. The van der Waals surface area contributed by atoms with Gasteiger partial charge in [0.1, 0.15) is 11.5 Å². The fourth-order valence-electron chi connectivity index (χ4n) is 1.89. The third-order valence-corrected chi connectivity index (χ3v) is 3.26. The topological polar surface area (TPSA) is 29.5 Å². The van der Waals surface area contributed by atoms with Gasteiger partial charge < -0.3 is 9.84 Å². The van der Waals surface area contributed by atoms with Crippen LogP contribution in [-0.2, 0) is 0 Å². The molecule has 0 aliphatic heterocycles. The number of ether oxygens (including phenoxy) is 1. The van der Waals surface area contributed by atoms with Gasteiger partial charge >= 0.3 is 0 Å². The first kappa shape index (κ1) is 13.9. The highest BCUT2D eigenvalue weighted by molar-refractivity contribution is 5.51. The van der Waals surface area contributed by atoms with E-state index in [1.807, 2.05) is 26.8 Å². The fraction of sp³-hybridized carbons (Fsp3) is 0.600. The van der Waals surface area contributed by atoms with Crippen molar-refractivity contribution >= 4 is 0 Å². The van der Waals surface area contributed by atoms with E-state index in [0.29, 0.717) is 5.75 Å². The second kappa shape index (κ2) is 6.53. The molecule has 1 aromatic rings. The van der Waals surface area contributed by atoms with E-state index >= 15 is 0 Å². The summed E-state index contributed by atoms with van der Waals surface area (Å²) in [4.78, 5) is 0. The molecule has 96 valence electrons. The van der Waals surface area contributed by atoms with E-state index < -0.39 is 0 Å². The Bertz CT molecular complexity index is 370.